The molecule has 5 rings (SSSR count). The van der Waals surface area contributed by atoms with Gasteiger partial charge in [0.05, 0.1) is 5.69 Å². The Kier molecular flexibility index (Phi) is 5.25. The van der Waals surface area contributed by atoms with E-state index in [0.29, 0.717) is 13.1 Å². The quantitative estimate of drug-likeness (QED) is 0.427. The second-order valence-corrected chi connectivity index (χ2v) is 9.72. The number of amides is 1. The number of aryl methyl sites for hydroxylation is 3. The fourth-order valence-corrected chi connectivity index (χ4v) is 5.88. The molecule has 0 aliphatic carbocycles. The van der Waals surface area contributed by atoms with E-state index in [0.717, 1.165) is 38.7 Å². The van der Waals surface area contributed by atoms with E-state index >= 15 is 0 Å². The first kappa shape index (κ1) is 20.8. The fraction of sp³-hybridized carbons (Fsp3) is 0.308. The van der Waals surface area contributed by atoms with Crippen LogP contribution in [0.3, 0.4) is 0 Å². The first-order valence-electron chi connectivity index (χ1n) is 11.1. The Morgan fingerprint density at radius 1 is 1.03 bits per heavy atom. The molecule has 6 heteroatoms. The molecule has 0 bridgehead atoms. The third-order valence-electron chi connectivity index (χ3n) is 6.38. The Hall–Kier alpha value is -3.12. The zero-order valence-corrected chi connectivity index (χ0v) is 19.8. The van der Waals surface area contributed by atoms with E-state index in [1.165, 1.54) is 22.6 Å². The fourth-order valence-electron chi connectivity index (χ4n) is 4.78. The van der Waals surface area contributed by atoms with Crippen molar-refractivity contribution in [2.24, 2.45) is 0 Å². The highest BCUT2D eigenvalue weighted by Gasteiger charge is 2.31. The van der Waals surface area contributed by atoms with Crippen molar-refractivity contribution in [3.05, 3.63) is 76.6 Å². The van der Waals surface area contributed by atoms with Crippen LogP contribution in [-0.4, -0.2) is 46.0 Å². The maximum absolute atomic E-state index is 13.8. The average molecular weight is 445 g/mol. The van der Waals surface area contributed by atoms with E-state index < -0.39 is 0 Å². The lowest BCUT2D eigenvalue weighted by molar-refractivity contribution is 0.0731. The number of anilines is 1. The number of hydrogen-bond donors (Lipinski definition) is 0. The van der Waals surface area contributed by atoms with Gasteiger partial charge in [-0.2, -0.15) is 0 Å². The molecule has 164 valence electrons. The van der Waals surface area contributed by atoms with Gasteiger partial charge in [-0.25, -0.2) is 4.98 Å². The van der Waals surface area contributed by atoms with Crippen LogP contribution in [0.2, 0.25) is 0 Å². The average Bonchev–Trinajstić information content (AvgIpc) is 3.32. The summed E-state index contributed by atoms with van der Waals surface area (Å²) in [4.78, 5) is 24.5. The van der Waals surface area contributed by atoms with E-state index in [1.807, 2.05) is 11.0 Å². The van der Waals surface area contributed by atoms with E-state index in [2.05, 4.69) is 84.6 Å². The monoisotopic (exact) mass is 444 g/mol. The predicted molar refractivity (Wildman–Crippen MR) is 132 cm³/mol. The number of thiophene rings is 1. The van der Waals surface area contributed by atoms with Crippen molar-refractivity contribution >= 4 is 33.1 Å². The molecule has 0 spiro atoms. The van der Waals surface area contributed by atoms with Gasteiger partial charge in [0, 0.05) is 54.3 Å². The molecule has 1 aliphatic heterocycles. The molecule has 1 aliphatic rings. The first-order chi connectivity index (χ1) is 15.4. The van der Waals surface area contributed by atoms with Gasteiger partial charge in [0.25, 0.3) is 5.91 Å². The van der Waals surface area contributed by atoms with Gasteiger partial charge in [0.1, 0.15) is 9.71 Å². The molecule has 32 heavy (non-hydrogen) atoms. The highest BCUT2D eigenvalue weighted by molar-refractivity contribution is 7.21. The summed E-state index contributed by atoms with van der Waals surface area (Å²) >= 11 is 1.50. The van der Waals surface area contributed by atoms with E-state index in [1.54, 1.807) is 6.20 Å². The second kappa shape index (κ2) is 8.10. The smallest absolute Gasteiger partial charge is 0.266 e. The molecule has 3 aromatic heterocycles. The number of nitrogens with zero attached hydrogens (tertiary/aromatic N) is 4. The minimum absolute atomic E-state index is 0.103. The van der Waals surface area contributed by atoms with Gasteiger partial charge in [-0.05, 0) is 69.7 Å². The molecule has 4 aromatic rings. The number of benzene rings is 1. The summed E-state index contributed by atoms with van der Waals surface area (Å²) in [6, 6.07) is 17.1. The summed E-state index contributed by atoms with van der Waals surface area (Å²) in [6.07, 6.45) is 1.80. The molecule has 0 N–H and O–H groups in total. The SMILES string of the molecule is Cc1cccc(N2CCN(C(=O)c3sc4ncccc4c3-n3c(C)ccc3C)C[C@@H]2C)c1. The van der Waals surface area contributed by atoms with Crippen LogP contribution in [0.25, 0.3) is 15.9 Å². The molecular formula is C26H28N4OS. The van der Waals surface area contributed by atoms with Gasteiger partial charge in [-0.3, -0.25) is 4.79 Å². The number of piperazine rings is 1. The van der Waals surface area contributed by atoms with E-state index in [-0.39, 0.29) is 11.9 Å². The third kappa shape index (κ3) is 3.48. The third-order valence-corrected chi connectivity index (χ3v) is 7.47. The predicted octanol–water partition coefficient (Wildman–Crippen LogP) is 5.36. The number of pyridine rings is 1. The number of aromatic nitrogens is 2. The first-order valence-corrected chi connectivity index (χ1v) is 11.9. The Morgan fingerprint density at radius 3 is 2.53 bits per heavy atom. The van der Waals surface area contributed by atoms with Crippen molar-refractivity contribution in [1.29, 1.82) is 0 Å². The summed E-state index contributed by atoms with van der Waals surface area (Å²) in [5, 5.41) is 1.04. The number of hydrogen-bond acceptors (Lipinski definition) is 4. The van der Waals surface area contributed by atoms with Gasteiger partial charge in [0.2, 0.25) is 0 Å². The molecule has 0 radical (unpaired) electrons. The number of rotatable bonds is 3. The summed E-state index contributed by atoms with van der Waals surface area (Å²) in [7, 11) is 0. The normalized spacial score (nSPS) is 16.7. The Labute approximate surface area is 192 Å². The Bertz CT molecular complexity index is 1280. The zero-order valence-electron chi connectivity index (χ0n) is 19.0. The van der Waals surface area contributed by atoms with Gasteiger partial charge < -0.3 is 14.4 Å². The van der Waals surface area contributed by atoms with Crippen LogP contribution in [0.4, 0.5) is 5.69 Å². The summed E-state index contributed by atoms with van der Waals surface area (Å²) in [5.41, 5.74) is 5.70. The summed E-state index contributed by atoms with van der Waals surface area (Å²) in [5.74, 6) is 0.103. The number of fused-ring (bicyclic) bond motifs is 1. The molecule has 1 amide bonds. The lowest BCUT2D eigenvalue weighted by Crippen LogP contribution is -2.53. The Morgan fingerprint density at radius 2 is 1.81 bits per heavy atom. The van der Waals surface area contributed by atoms with E-state index in [9.17, 15) is 4.79 Å². The molecule has 0 unspecified atom stereocenters. The van der Waals surface area contributed by atoms with E-state index in [4.69, 9.17) is 0 Å². The van der Waals surface area contributed by atoms with Crippen LogP contribution in [0.5, 0.6) is 0 Å². The maximum Gasteiger partial charge on any atom is 0.266 e. The molecule has 1 atom stereocenters. The molecule has 1 fully saturated rings. The van der Waals surface area contributed by atoms with Crippen LogP contribution in [0, 0.1) is 20.8 Å². The summed E-state index contributed by atoms with van der Waals surface area (Å²) < 4.78 is 2.19. The summed E-state index contributed by atoms with van der Waals surface area (Å²) in [6.45, 7) is 10.7. The van der Waals surface area contributed by atoms with Gasteiger partial charge in [-0.1, -0.05) is 12.1 Å². The lowest BCUT2D eigenvalue weighted by Gasteiger charge is -2.41. The number of carbonyl (C=O) groups excluding carboxylic acids is 1. The van der Waals surface area contributed by atoms with Crippen molar-refractivity contribution < 1.29 is 4.79 Å². The van der Waals surface area contributed by atoms with Crippen LogP contribution in [0.1, 0.15) is 33.5 Å². The molecule has 4 heterocycles. The zero-order chi connectivity index (χ0) is 22.4. The minimum Gasteiger partial charge on any atom is -0.365 e. The molecule has 5 nitrogen and oxygen atoms in total. The van der Waals surface area contributed by atoms with Gasteiger partial charge >= 0.3 is 0 Å². The highest BCUT2D eigenvalue weighted by atomic mass is 32.1. The van der Waals surface area contributed by atoms with Crippen molar-refractivity contribution in [3.8, 4) is 5.69 Å². The molecule has 0 saturated carbocycles. The van der Waals surface area contributed by atoms with Gasteiger partial charge in [-0.15, -0.1) is 11.3 Å². The van der Waals surface area contributed by atoms with Crippen molar-refractivity contribution in [3.63, 3.8) is 0 Å². The minimum atomic E-state index is 0.103. The van der Waals surface area contributed by atoms with Crippen molar-refractivity contribution in [1.82, 2.24) is 14.5 Å². The van der Waals surface area contributed by atoms with Crippen molar-refractivity contribution in [2.75, 3.05) is 24.5 Å². The topological polar surface area (TPSA) is 41.4 Å². The van der Waals surface area contributed by atoms with Crippen LogP contribution < -0.4 is 4.90 Å². The van der Waals surface area contributed by atoms with Gasteiger partial charge in [0.15, 0.2) is 0 Å². The maximum atomic E-state index is 13.8. The lowest BCUT2D eigenvalue weighted by atomic mass is 10.1. The Balaban J connectivity index is 1.49. The second-order valence-electron chi connectivity index (χ2n) is 8.72. The van der Waals surface area contributed by atoms with Crippen molar-refractivity contribution in [2.45, 2.75) is 33.7 Å². The molecule has 1 saturated heterocycles. The molecular weight excluding hydrogens is 416 g/mol. The highest BCUT2D eigenvalue weighted by Crippen LogP contribution is 2.36. The largest absolute Gasteiger partial charge is 0.365 e. The van der Waals surface area contributed by atoms with Crippen LogP contribution in [0.15, 0.2) is 54.7 Å². The number of carbonyl (C=O) groups is 1. The standard InChI is InChI=1S/C26H28N4OS/c1-17-7-5-8-21(15-17)29-14-13-28(16-20(29)4)26(31)24-23(30-18(2)10-11-19(30)3)22-9-6-12-27-25(22)32-24/h5-12,15,20H,13-14,16H2,1-4H3/t20-/m0/s1. The van der Waals surface area contributed by atoms with Crippen LogP contribution >= 0.6 is 11.3 Å². The van der Waals surface area contributed by atoms with Crippen LogP contribution in [-0.2, 0) is 0 Å². The molecule has 1 aromatic carbocycles.